The number of halogens is 4. The third-order valence-corrected chi connectivity index (χ3v) is 4.02. The SMILES string of the molecule is CCCN(c1ncc(Br)cc1C(F)(F)F)C1CCCNC1. The van der Waals surface area contributed by atoms with Crippen molar-refractivity contribution < 1.29 is 13.2 Å². The van der Waals surface area contributed by atoms with Gasteiger partial charge in [0.25, 0.3) is 0 Å². The van der Waals surface area contributed by atoms with Crippen LogP contribution in [0.4, 0.5) is 19.0 Å². The van der Waals surface area contributed by atoms with E-state index < -0.39 is 11.7 Å². The van der Waals surface area contributed by atoms with Gasteiger partial charge in [0.05, 0.1) is 5.56 Å². The molecule has 0 bridgehead atoms. The minimum Gasteiger partial charge on any atom is -0.352 e. The lowest BCUT2D eigenvalue weighted by Gasteiger charge is -2.36. The largest absolute Gasteiger partial charge is 0.419 e. The normalized spacial score (nSPS) is 19.6. The molecule has 1 saturated heterocycles. The van der Waals surface area contributed by atoms with Gasteiger partial charge in [-0.1, -0.05) is 6.92 Å². The predicted molar refractivity (Wildman–Crippen MR) is 80.5 cm³/mol. The van der Waals surface area contributed by atoms with E-state index in [1.54, 1.807) is 4.90 Å². The molecule has 1 atom stereocenters. The molecule has 1 N–H and O–H groups in total. The van der Waals surface area contributed by atoms with Gasteiger partial charge in [-0.25, -0.2) is 4.98 Å². The minimum atomic E-state index is -4.40. The van der Waals surface area contributed by atoms with Crippen molar-refractivity contribution in [3.8, 4) is 0 Å². The summed E-state index contributed by atoms with van der Waals surface area (Å²) < 4.78 is 40.2. The van der Waals surface area contributed by atoms with E-state index in [-0.39, 0.29) is 11.9 Å². The lowest BCUT2D eigenvalue weighted by Crippen LogP contribution is -2.47. The Balaban J connectivity index is 2.39. The molecule has 21 heavy (non-hydrogen) atoms. The standard InChI is InChI=1S/C14H19BrF3N3/c1-2-6-21(11-4-3-5-19-9-11)13-12(14(16,17)18)7-10(15)8-20-13/h7-8,11,19H,2-6,9H2,1H3. The zero-order valence-electron chi connectivity index (χ0n) is 11.9. The van der Waals surface area contributed by atoms with E-state index in [0.29, 0.717) is 17.6 Å². The van der Waals surface area contributed by atoms with Crippen LogP contribution >= 0.6 is 15.9 Å². The molecule has 1 aromatic rings. The van der Waals surface area contributed by atoms with Crippen molar-refractivity contribution in [3.05, 3.63) is 22.3 Å². The molecule has 1 aliphatic heterocycles. The predicted octanol–water partition coefficient (Wildman–Crippen LogP) is 3.83. The highest BCUT2D eigenvalue weighted by molar-refractivity contribution is 9.10. The van der Waals surface area contributed by atoms with E-state index in [1.165, 1.54) is 6.20 Å². The zero-order chi connectivity index (χ0) is 15.5. The topological polar surface area (TPSA) is 28.2 Å². The Morgan fingerprint density at radius 1 is 1.48 bits per heavy atom. The zero-order valence-corrected chi connectivity index (χ0v) is 13.5. The van der Waals surface area contributed by atoms with E-state index in [2.05, 4.69) is 26.2 Å². The molecule has 3 nitrogen and oxygen atoms in total. The minimum absolute atomic E-state index is 0.0428. The summed E-state index contributed by atoms with van der Waals surface area (Å²) in [6, 6.07) is 1.18. The van der Waals surface area contributed by atoms with Gasteiger partial charge in [0.2, 0.25) is 0 Å². The molecule has 0 amide bonds. The van der Waals surface area contributed by atoms with Crippen LogP contribution in [0.15, 0.2) is 16.7 Å². The number of alkyl halides is 3. The fraction of sp³-hybridized carbons (Fsp3) is 0.643. The van der Waals surface area contributed by atoms with Crippen LogP contribution in [0.2, 0.25) is 0 Å². The number of nitrogens with one attached hydrogen (secondary N) is 1. The van der Waals surface area contributed by atoms with E-state index in [1.807, 2.05) is 6.92 Å². The molecule has 0 aromatic carbocycles. The summed E-state index contributed by atoms with van der Waals surface area (Å²) in [6.07, 6.45) is -0.319. The first kappa shape index (κ1) is 16.5. The first-order valence-electron chi connectivity index (χ1n) is 7.13. The van der Waals surface area contributed by atoms with Gasteiger partial charge < -0.3 is 10.2 Å². The van der Waals surface area contributed by atoms with E-state index >= 15 is 0 Å². The number of hydrogen-bond donors (Lipinski definition) is 1. The maximum atomic E-state index is 13.3. The molecule has 1 aliphatic rings. The molecule has 2 rings (SSSR count). The molecule has 118 valence electrons. The molecule has 1 aromatic heterocycles. The van der Waals surface area contributed by atoms with Crippen LogP contribution in [0.5, 0.6) is 0 Å². The summed E-state index contributed by atoms with van der Waals surface area (Å²) in [5.74, 6) is 0.0428. The molecular weight excluding hydrogens is 347 g/mol. The van der Waals surface area contributed by atoms with Gasteiger partial charge in [0.15, 0.2) is 0 Å². The van der Waals surface area contributed by atoms with E-state index in [9.17, 15) is 13.2 Å². The number of aromatic nitrogens is 1. The van der Waals surface area contributed by atoms with Crippen molar-refractivity contribution in [3.63, 3.8) is 0 Å². The van der Waals surface area contributed by atoms with Crippen molar-refractivity contribution >= 4 is 21.7 Å². The Hall–Kier alpha value is -0.820. The molecule has 1 fully saturated rings. The summed E-state index contributed by atoms with van der Waals surface area (Å²) >= 11 is 3.08. The van der Waals surface area contributed by atoms with Crippen LogP contribution in [-0.2, 0) is 6.18 Å². The number of hydrogen-bond acceptors (Lipinski definition) is 3. The smallest absolute Gasteiger partial charge is 0.352 e. The number of anilines is 1. The van der Waals surface area contributed by atoms with Crippen LogP contribution in [0.3, 0.4) is 0 Å². The van der Waals surface area contributed by atoms with Crippen molar-refractivity contribution in [2.75, 3.05) is 24.5 Å². The van der Waals surface area contributed by atoms with Gasteiger partial charge in [-0.05, 0) is 47.8 Å². The Morgan fingerprint density at radius 2 is 2.24 bits per heavy atom. The van der Waals surface area contributed by atoms with Crippen LogP contribution in [0.25, 0.3) is 0 Å². The molecule has 0 spiro atoms. The van der Waals surface area contributed by atoms with Gasteiger partial charge in [0, 0.05) is 29.8 Å². The highest BCUT2D eigenvalue weighted by Gasteiger charge is 2.37. The van der Waals surface area contributed by atoms with Crippen LogP contribution in [0.1, 0.15) is 31.7 Å². The summed E-state index contributed by atoms with van der Waals surface area (Å²) in [7, 11) is 0. The van der Waals surface area contributed by atoms with Gasteiger partial charge in [-0.2, -0.15) is 13.2 Å². The van der Waals surface area contributed by atoms with Crippen molar-refractivity contribution in [1.82, 2.24) is 10.3 Å². The quantitative estimate of drug-likeness (QED) is 0.878. The molecule has 2 heterocycles. The second kappa shape index (κ2) is 6.96. The van der Waals surface area contributed by atoms with E-state index in [4.69, 9.17) is 0 Å². The molecule has 1 unspecified atom stereocenters. The van der Waals surface area contributed by atoms with Crippen LogP contribution in [-0.4, -0.2) is 30.7 Å². The fourth-order valence-electron chi connectivity index (χ4n) is 2.67. The average molecular weight is 366 g/mol. The third kappa shape index (κ3) is 4.10. The molecule has 0 aliphatic carbocycles. The number of pyridine rings is 1. The Morgan fingerprint density at radius 3 is 2.81 bits per heavy atom. The summed E-state index contributed by atoms with van der Waals surface area (Å²) in [6.45, 7) is 4.17. The van der Waals surface area contributed by atoms with E-state index in [0.717, 1.165) is 31.9 Å². The van der Waals surface area contributed by atoms with Gasteiger partial charge in [-0.15, -0.1) is 0 Å². The Bertz CT molecular complexity index is 473. The third-order valence-electron chi connectivity index (χ3n) is 3.59. The van der Waals surface area contributed by atoms with Gasteiger partial charge in [0.1, 0.15) is 5.82 Å². The molecule has 7 heteroatoms. The summed E-state index contributed by atoms with van der Waals surface area (Å²) in [5, 5.41) is 3.25. The fourth-order valence-corrected chi connectivity index (χ4v) is 3.00. The molecule has 0 radical (unpaired) electrons. The van der Waals surface area contributed by atoms with Crippen LogP contribution in [0, 0.1) is 0 Å². The second-order valence-corrected chi connectivity index (χ2v) is 6.13. The van der Waals surface area contributed by atoms with Crippen molar-refractivity contribution in [2.24, 2.45) is 0 Å². The number of nitrogens with zero attached hydrogens (tertiary/aromatic N) is 2. The maximum absolute atomic E-state index is 13.3. The number of rotatable bonds is 4. The number of piperidine rings is 1. The lowest BCUT2D eigenvalue weighted by atomic mass is 10.0. The van der Waals surface area contributed by atoms with Crippen molar-refractivity contribution in [1.29, 1.82) is 0 Å². The van der Waals surface area contributed by atoms with Crippen LogP contribution < -0.4 is 10.2 Å². The maximum Gasteiger partial charge on any atom is 0.419 e. The Kier molecular flexibility index (Phi) is 5.48. The monoisotopic (exact) mass is 365 g/mol. The molecular formula is C14H19BrF3N3. The summed E-state index contributed by atoms with van der Waals surface area (Å²) in [4.78, 5) is 5.88. The lowest BCUT2D eigenvalue weighted by molar-refractivity contribution is -0.137. The highest BCUT2D eigenvalue weighted by Crippen LogP contribution is 2.38. The highest BCUT2D eigenvalue weighted by atomic mass is 79.9. The second-order valence-electron chi connectivity index (χ2n) is 5.22. The first-order valence-corrected chi connectivity index (χ1v) is 7.93. The first-order chi connectivity index (χ1) is 9.93. The van der Waals surface area contributed by atoms with Gasteiger partial charge >= 0.3 is 6.18 Å². The molecule has 0 saturated carbocycles. The van der Waals surface area contributed by atoms with Crippen molar-refractivity contribution in [2.45, 2.75) is 38.4 Å². The summed E-state index contributed by atoms with van der Waals surface area (Å²) in [5.41, 5.74) is -0.670. The average Bonchev–Trinajstić information content (AvgIpc) is 2.45. The Labute approximate surface area is 131 Å². The van der Waals surface area contributed by atoms with Gasteiger partial charge in [-0.3, -0.25) is 0 Å².